The number of hydrogen-bond donors (Lipinski definition) is 1. The molecule has 0 aromatic heterocycles. The molecule has 32 valence electrons. The van der Waals surface area contributed by atoms with Crippen LogP contribution < -0.4 is 51.4 Å². The van der Waals surface area contributed by atoms with E-state index in [-0.39, 0.29) is 70.2 Å². The Labute approximate surface area is 91.1 Å². The summed E-state index contributed by atoms with van der Waals surface area (Å²) < 4.78 is 18.6. The second kappa shape index (κ2) is 10.0. The molecule has 0 aliphatic carbocycles. The van der Waals surface area contributed by atoms with Gasteiger partial charge in [-0.1, -0.05) is 0 Å². The van der Waals surface area contributed by atoms with Crippen molar-refractivity contribution >= 4 is 26.6 Å². The molecule has 0 amide bonds. The van der Waals surface area contributed by atoms with Gasteiger partial charge in [-0.3, -0.25) is 4.46 Å². The van der Waals surface area contributed by atoms with E-state index in [0.717, 1.165) is 0 Å². The average molecular weight is 150 g/mol. The molecule has 6 heavy (non-hydrogen) atoms. The molecule has 0 saturated carbocycles. The summed E-state index contributed by atoms with van der Waals surface area (Å²) >= 11 is 0. The van der Waals surface area contributed by atoms with Crippen molar-refractivity contribution in [2.24, 2.45) is 0 Å². The van der Waals surface area contributed by atoms with Crippen molar-refractivity contribution in [3.63, 3.8) is 0 Å². The summed E-state index contributed by atoms with van der Waals surface area (Å²) in [7, 11) is -3.63. The topological polar surface area (TPSA) is 37.3 Å². The Kier molecular flexibility index (Phi) is 26.2. The summed E-state index contributed by atoms with van der Waals surface area (Å²) in [6.07, 6.45) is 0. The van der Waals surface area contributed by atoms with Gasteiger partial charge in [-0.15, -0.1) is 0 Å². The third-order valence-electron chi connectivity index (χ3n) is 0. The van der Waals surface area contributed by atoms with Crippen molar-refractivity contribution < 1.29 is 66.2 Å². The van der Waals surface area contributed by atoms with E-state index < -0.39 is 9.26 Å². The van der Waals surface area contributed by atoms with Crippen LogP contribution in [0.4, 0.5) is 4.11 Å². The monoisotopic (exact) mass is 150 g/mol. The minimum absolute atomic E-state index is 0. The van der Waals surface area contributed by atoms with Crippen LogP contribution in [0, 0.1) is 0 Å². The molecule has 0 unspecified atom stereocenters. The van der Waals surface area contributed by atoms with Crippen LogP contribution in [0.15, 0.2) is 0 Å². The Morgan fingerprint density at radius 3 is 1.83 bits per heavy atom. The normalized spacial score (nSPS) is 4.17. The molecule has 0 rings (SSSR count). The Hall–Kier alpha value is 1.92. The van der Waals surface area contributed by atoms with Gasteiger partial charge in [0, 0.05) is 0 Å². The fourth-order valence-corrected chi connectivity index (χ4v) is 0. The molecule has 0 bridgehead atoms. The maximum atomic E-state index is 10.1. The fraction of sp³-hybridized carbons (Fsp3) is 0. The molecule has 2 nitrogen and oxygen atoms in total. The summed E-state index contributed by atoms with van der Waals surface area (Å²) in [6.45, 7) is 0. The van der Waals surface area contributed by atoms with Crippen LogP contribution in [0.2, 0.25) is 0 Å². The number of hydrogen-bond acceptors (Lipinski definition) is 1. The molecule has 0 radical (unpaired) electrons. The van der Waals surface area contributed by atoms with Gasteiger partial charge >= 0.3 is 60.6 Å². The van der Waals surface area contributed by atoms with Crippen molar-refractivity contribution in [2.75, 3.05) is 0 Å². The second-order valence-electron chi connectivity index (χ2n) is 0.253. The molecule has 0 aromatic rings. The molecule has 0 aromatic carbocycles. The van der Waals surface area contributed by atoms with E-state index in [1.54, 1.807) is 0 Å². The van der Waals surface area contributed by atoms with E-state index in [0.29, 0.717) is 0 Å². The quantitative estimate of drug-likeness (QED) is 0.278. The first-order chi connectivity index (χ1) is 1.73. The third kappa shape index (κ3) is 39.0. The predicted octanol–water partition coefficient (Wildman–Crippen LogP) is -4.70. The molecule has 0 saturated heterocycles. The zero-order valence-corrected chi connectivity index (χ0v) is 6.86. The SMILES string of the molecule is O=[Si](O)F.[AlH3].[H-].[K+]. The maximum Gasteiger partial charge on any atom is 1.00 e. The van der Waals surface area contributed by atoms with Crippen LogP contribution in [0.5, 0.6) is 0 Å². The smallest absolute Gasteiger partial charge is 1.00 e. The van der Waals surface area contributed by atoms with Gasteiger partial charge in [0.15, 0.2) is 17.4 Å². The minimum atomic E-state index is -3.63. The van der Waals surface area contributed by atoms with Crippen molar-refractivity contribution in [1.29, 1.82) is 0 Å². The van der Waals surface area contributed by atoms with E-state index in [1.807, 2.05) is 0 Å². The van der Waals surface area contributed by atoms with Crippen LogP contribution in [0.3, 0.4) is 0 Å². The summed E-state index contributed by atoms with van der Waals surface area (Å²) in [5.74, 6) is 0. The summed E-state index contributed by atoms with van der Waals surface area (Å²) in [5, 5.41) is 0. The Bertz CT molecular complexity index is 40.7. The standard InChI is InChI=1S/Al.FHO2Si.K.4H/c;1-4(2)3;;;;;/h;2H;;;;;/q;;+1;;;;-1. The van der Waals surface area contributed by atoms with Crippen LogP contribution >= 0.6 is 0 Å². The Morgan fingerprint density at radius 2 is 1.83 bits per heavy atom. The predicted molar refractivity (Wildman–Crippen MR) is 20.8 cm³/mol. The Balaban J connectivity index is -0.0000000150. The molecule has 0 aliphatic heterocycles. The van der Waals surface area contributed by atoms with E-state index in [2.05, 4.69) is 0 Å². The van der Waals surface area contributed by atoms with Gasteiger partial charge in [-0.2, -0.15) is 4.11 Å². The number of rotatable bonds is 0. The van der Waals surface area contributed by atoms with Crippen molar-refractivity contribution in [3.8, 4) is 0 Å². The van der Waals surface area contributed by atoms with Crippen molar-refractivity contribution in [2.45, 2.75) is 0 Å². The van der Waals surface area contributed by atoms with Gasteiger partial charge in [-0.05, 0) is 0 Å². The molecule has 0 aliphatic rings. The second-order valence-corrected chi connectivity index (χ2v) is 0.759. The zero-order chi connectivity index (χ0) is 3.58. The first-order valence-corrected chi connectivity index (χ1v) is 1.85. The first-order valence-electron chi connectivity index (χ1n) is 0.617. The van der Waals surface area contributed by atoms with Crippen molar-refractivity contribution in [1.82, 2.24) is 0 Å². The summed E-state index contributed by atoms with van der Waals surface area (Å²) in [6, 6.07) is 0. The van der Waals surface area contributed by atoms with Gasteiger partial charge in [0.2, 0.25) is 0 Å². The molecule has 0 fully saturated rings. The molecular formula is H5AlFKO2Si. The maximum absolute atomic E-state index is 10.1. The molecule has 0 heterocycles. The van der Waals surface area contributed by atoms with Crippen LogP contribution in [0.25, 0.3) is 0 Å². The minimum Gasteiger partial charge on any atom is -1.00 e. The van der Waals surface area contributed by atoms with E-state index in [9.17, 15) is 4.11 Å². The summed E-state index contributed by atoms with van der Waals surface area (Å²) in [4.78, 5) is 6.94. The first kappa shape index (κ1) is 15.7. The average Bonchev–Trinajstić information content (AvgIpc) is 0.811. The molecule has 0 atom stereocenters. The zero-order valence-electron chi connectivity index (χ0n) is 3.73. The molecular weight excluding hydrogens is 145 g/mol. The Morgan fingerprint density at radius 1 is 1.83 bits per heavy atom. The van der Waals surface area contributed by atoms with Crippen LogP contribution in [-0.2, 0) is 4.46 Å². The van der Waals surface area contributed by atoms with Gasteiger partial charge in [0.25, 0.3) is 0 Å². The van der Waals surface area contributed by atoms with E-state index >= 15 is 0 Å². The van der Waals surface area contributed by atoms with Gasteiger partial charge in [-0.25, -0.2) is 0 Å². The number of halogens is 1. The van der Waals surface area contributed by atoms with E-state index in [4.69, 9.17) is 9.26 Å². The molecule has 1 N–H and O–H groups in total. The largest absolute Gasteiger partial charge is 1.00 e. The molecule has 0 spiro atoms. The van der Waals surface area contributed by atoms with Crippen molar-refractivity contribution in [3.05, 3.63) is 0 Å². The van der Waals surface area contributed by atoms with Gasteiger partial charge < -0.3 is 6.22 Å². The van der Waals surface area contributed by atoms with Crippen LogP contribution in [0.1, 0.15) is 1.43 Å². The third-order valence-corrected chi connectivity index (χ3v) is 0. The fourth-order valence-electron chi connectivity index (χ4n) is 0. The van der Waals surface area contributed by atoms with E-state index in [1.165, 1.54) is 0 Å². The van der Waals surface area contributed by atoms with Gasteiger partial charge in [0.05, 0.1) is 0 Å². The van der Waals surface area contributed by atoms with Gasteiger partial charge in [0.1, 0.15) is 0 Å². The summed E-state index contributed by atoms with van der Waals surface area (Å²) in [5.41, 5.74) is 0. The molecule has 6 heteroatoms. The van der Waals surface area contributed by atoms with Crippen LogP contribution in [-0.4, -0.2) is 31.4 Å².